The molecule has 0 aromatic heterocycles. The van der Waals surface area contributed by atoms with Crippen LogP contribution in [-0.4, -0.2) is 49.4 Å². The van der Waals surface area contributed by atoms with Gasteiger partial charge in [0.1, 0.15) is 29.4 Å². The van der Waals surface area contributed by atoms with Gasteiger partial charge in [0.15, 0.2) is 5.78 Å². The van der Waals surface area contributed by atoms with Crippen LogP contribution in [0.15, 0.2) is 72.8 Å². The molecule has 0 bridgehead atoms. The van der Waals surface area contributed by atoms with Crippen molar-refractivity contribution in [3.63, 3.8) is 0 Å². The predicted octanol–water partition coefficient (Wildman–Crippen LogP) is 6.57. The van der Waals surface area contributed by atoms with E-state index in [2.05, 4.69) is 0 Å². The molecule has 40 heavy (non-hydrogen) atoms. The zero-order valence-electron chi connectivity index (χ0n) is 23.8. The first-order valence-corrected chi connectivity index (χ1v) is 13.4. The molecule has 0 radical (unpaired) electrons. The molecule has 0 spiro atoms. The minimum absolute atomic E-state index is 0.000619. The van der Waals surface area contributed by atoms with Crippen molar-refractivity contribution in [2.75, 3.05) is 20.3 Å². The van der Waals surface area contributed by atoms with E-state index in [-0.39, 0.29) is 48.9 Å². The first-order chi connectivity index (χ1) is 19.2. The number of carbonyl (C=O) groups is 2. The van der Waals surface area contributed by atoms with Crippen LogP contribution in [0.4, 0.5) is 0 Å². The van der Waals surface area contributed by atoms with Gasteiger partial charge in [0.2, 0.25) is 0 Å². The number of rotatable bonds is 14. The quantitative estimate of drug-likeness (QED) is 0.106. The number of phenolic OH excluding ortho intramolecular Hbond substituents is 1. The van der Waals surface area contributed by atoms with Crippen molar-refractivity contribution >= 4 is 17.8 Å². The molecule has 3 rings (SSSR count). The molecule has 1 N–H and O–H groups in total. The number of carbonyl (C=O) groups excluding carboxylic acids is 2. The minimum atomic E-state index is -0.664. The zero-order chi connectivity index (χ0) is 29.1. The van der Waals surface area contributed by atoms with Gasteiger partial charge < -0.3 is 24.1 Å². The van der Waals surface area contributed by atoms with E-state index in [1.807, 2.05) is 88.4 Å². The monoisotopic (exact) mass is 546 g/mol. The Morgan fingerprint density at radius 2 is 1.45 bits per heavy atom. The summed E-state index contributed by atoms with van der Waals surface area (Å²) in [5, 5.41) is 11.8. The number of allylic oxidation sites excluding steroid dienone is 1. The molecule has 0 fully saturated rings. The number of benzene rings is 3. The molecule has 0 aliphatic rings. The lowest BCUT2D eigenvalue weighted by Crippen LogP contribution is -2.18. The average Bonchev–Trinajstić information content (AvgIpc) is 2.91. The fourth-order valence-electron chi connectivity index (χ4n) is 4.27. The highest BCUT2D eigenvalue weighted by molar-refractivity contribution is 6.11. The van der Waals surface area contributed by atoms with Crippen LogP contribution in [0.25, 0.3) is 6.08 Å². The highest BCUT2D eigenvalue weighted by Crippen LogP contribution is 2.47. The molecule has 0 amide bonds. The van der Waals surface area contributed by atoms with E-state index < -0.39 is 17.7 Å². The molecular weight excluding hydrogens is 508 g/mol. The van der Waals surface area contributed by atoms with Crippen LogP contribution in [0.2, 0.25) is 0 Å². The summed E-state index contributed by atoms with van der Waals surface area (Å²) >= 11 is 0. The van der Waals surface area contributed by atoms with Crippen LogP contribution in [0, 0.1) is 0 Å². The first-order valence-electron chi connectivity index (χ1n) is 13.4. The highest BCUT2D eigenvalue weighted by Gasteiger charge is 2.31. The minimum Gasteiger partial charge on any atom is -0.507 e. The molecule has 7 heteroatoms. The van der Waals surface area contributed by atoms with Crippen molar-refractivity contribution in [1.82, 2.24) is 0 Å². The van der Waals surface area contributed by atoms with Crippen LogP contribution in [0.1, 0.15) is 67.1 Å². The van der Waals surface area contributed by atoms with Gasteiger partial charge in [0.25, 0.3) is 0 Å². The molecular formula is C33H38O7. The Morgan fingerprint density at radius 1 is 0.850 bits per heavy atom. The van der Waals surface area contributed by atoms with E-state index in [9.17, 15) is 14.7 Å². The third kappa shape index (κ3) is 8.45. The van der Waals surface area contributed by atoms with Gasteiger partial charge in [0.05, 0.1) is 25.2 Å². The number of aromatic hydroxyl groups is 1. The summed E-state index contributed by atoms with van der Waals surface area (Å²) in [7, 11) is 1.53. The molecule has 0 saturated heterocycles. The Kier molecular flexibility index (Phi) is 11.3. The van der Waals surface area contributed by atoms with Gasteiger partial charge in [-0.15, -0.1) is 0 Å². The number of ketones is 1. The molecule has 0 saturated carbocycles. The van der Waals surface area contributed by atoms with Crippen molar-refractivity contribution < 1.29 is 33.6 Å². The van der Waals surface area contributed by atoms with Crippen LogP contribution >= 0.6 is 0 Å². The van der Waals surface area contributed by atoms with E-state index in [0.29, 0.717) is 11.3 Å². The summed E-state index contributed by atoms with van der Waals surface area (Å²) < 4.78 is 22.5. The van der Waals surface area contributed by atoms with Gasteiger partial charge in [-0.3, -0.25) is 9.59 Å². The second kappa shape index (κ2) is 14.9. The van der Waals surface area contributed by atoms with Gasteiger partial charge in [-0.2, -0.15) is 0 Å². The molecule has 212 valence electrons. The van der Waals surface area contributed by atoms with Gasteiger partial charge >= 0.3 is 5.97 Å². The number of hydrogen-bond donors (Lipinski definition) is 1. The number of hydrogen-bond acceptors (Lipinski definition) is 7. The Balaban J connectivity index is 2.20. The molecule has 0 aliphatic heterocycles. The number of methoxy groups -OCH3 is 1. The Hall–Kier alpha value is -4.10. The van der Waals surface area contributed by atoms with Crippen molar-refractivity contribution in [2.24, 2.45) is 0 Å². The molecule has 0 heterocycles. The number of phenols is 1. The number of esters is 1. The fraction of sp³-hybridized carbons (Fsp3) is 0.333. The molecule has 3 aromatic rings. The van der Waals surface area contributed by atoms with Crippen molar-refractivity contribution in [2.45, 2.75) is 52.2 Å². The topological polar surface area (TPSA) is 91.3 Å². The predicted molar refractivity (Wildman–Crippen MR) is 155 cm³/mol. The maximum absolute atomic E-state index is 13.6. The summed E-state index contributed by atoms with van der Waals surface area (Å²) in [5.74, 6) is -1.35. The average molecular weight is 547 g/mol. The summed E-state index contributed by atoms with van der Waals surface area (Å²) in [4.78, 5) is 26.5. The third-order valence-electron chi connectivity index (χ3n) is 5.94. The largest absolute Gasteiger partial charge is 0.507 e. The van der Waals surface area contributed by atoms with Crippen LogP contribution in [0.3, 0.4) is 0 Å². The standard InChI is InChI=1S/C33H38O7/c1-22(2)39-28-21-29(40-23(3)4)32(27(34)17-16-24-12-8-6-9-13-24)33(36)31(28)26(25-14-10-7-11-15-25)20-30(35)38-19-18-37-5/h6-17,21-23,26,36H,18-20H2,1-5H3/b17-16+. The lowest BCUT2D eigenvalue weighted by Gasteiger charge is -2.26. The third-order valence-corrected chi connectivity index (χ3v) is 5.94. The van der Waals surface area contributed by atoms with E-state index in [1.54, 1.807) is 12.1 Å². The molecule has 3 aromatic carbocycles. The molecule has 7 nitrogen and oxygen atoms in total. The number of ether oxygens (including phenoxy) is 4. The van der Waals surface area contributed by atoms with Crippen LogP contribution in [-0.2, 0) is 14.3 Å². The fourth-order valence-corrected chi connectivity index (χ4v) is 4.27. The van der Waals surface area contributed by atoms with Crippen LogP contribution in [0.5, 0.6) is 17.2 Å². The van der Waals surface area contributed by atoms with E-state index >= 15 is 0 Å². The Labute approximate surface area is 236 Å². The van der Waals surface area contributed by atoms with Gasteiger partial charge in [0, 0.05) is 24.7 Å². The van der Waals surface area contributed by atoms with E-state index in [1.165, 1.54) is 13.2 Å². The van der Waals surface area contributed by atoms with Crippen molar-refractivity contribution in [3.05, 3.63) is 95.1 Å². The van der Waals surface area contributed by atoms with Crippen molar-refractivity contribution in [3.8, 4) is 17.2 Å². The highest BCUT2D eigenvalue weighted by atomic mass is 16.6. The summed E-state index contributed by atoms with van der Waals surface area (Å²) in [6.07, 6.45) is 2.47. The second-order valence-corrected chi connectivity index (χ2v) is 9.83. The molecule has 1 atom stereocenters. The summed E-state index contributed by atoms with van der Waals surface area (Å²) in [6.45, 7) is 7.77. The van der Waals surface area contributed by atoms with Gasteiger partial charge in [-0.05, 0) is 44.9 Å². The summed E-state index contributed by atoms with van der Waals surface area (Å²) in [5.41, 5.74) is 1.91. The molecule has 0 aliphatic carbocycles. The second-order valence-electron chi connectivity index (χ2n) is 9.83. The first kappa shape index (κ1) is 30.4. The van der Waals surface area contributed by atoms with E-state index in [4.69, 9.17) is 18.9 Å². The smallest absolute Gasteiger partial charge is 0.306 e. The Bertz CT molecular complexity index is 1280. The zero-order valence-corrected chi connectivity index (χ0v) is 23.8. The lowest BCUT2D eigenvalue weighted by molar-refractivity contribution is -0.145. The normalized spacial score (nSPS) is 12.1. The van der Waals surface area contributed by atoms with Crippen molar-refractivity contribution in [1.29, 1.82) is 0 Å². The van der Waals surface area contributed by atoms with Gasteiger partial charge in [-0.25, -0.2) is 0 Å². The molecule has 1 unspecified atom stereocenters. The maximum Gasteiger partial charge on any atom is 0.306 e. The lowest BCUT2D eigenvalue weighted by atomic mass is 9.85. The summed E-state index contributed by atoms with van der Waals surface area (Å²) in [6, 6.07) is 20.3. The van der Waals surface area contributed by atoms with Gasteiger partial charge in [-0.1, -0.05) is 66.7 Å². The SMILES string of the molecule is COCCOC(=O)CC(c1ccccc1)c1c(OC(C)C)cc(OC(C)C)c(C(=O)/C=C/c2ccccc2)c1O. The van der Waals surface area contributed by atoms with Crippen LogP contribution < -0.4 is 9.47 Å². The maximum atomic E-state index is 13.6. The van der Waals surface area contributed by atoms with E-state index in [0.717, 1.165) is 11.1 Å². The Morgan fingerprint density at radius 3 is 2.05 bits per heavy atom.